The average molecular weight is 529 g/mol. The highest BCUT2D eigenvalue weighted by molar-refractivity contribution is 14.0. The number of halogens is 1. The summed E-state index contributed by atoms with van der Waals surface area (Å²) < 4.78 is 12.5. The number of aliphatic imine (C=N–C) groups is 1. The lowest BCUT2D eigenvalue weighted by molar-refractivity contribution is 0.146. The predicted octanol–water partition coefficient (Wildman–Crippen LogP) is 3.78. The average Bonchev–Trinajstić information content (AvgIpc) is 3.06. The summed E-state index contributed by atoms with van der Waals surface area (Å²) in [5, 5.41) is 7.99. The monoisotopic (exact) mass is 529 g/mol. The number of nitrogens with one attached hydrogen (secondary N) is 1. The molecule has 0 unspecified atom stereocenters. The van der Waals surface area contributed by atoms with Crippen LogP contribution in [0.5, 0.6) is 5.75 Å². The van der Waals surface area contributed by atoms with Gasteiger partial charge in [-0.15, -0.1) is 24.0 Å². The molecule has 1 N–H and O–H groups in total. The summed E-state index contributed by atoms with van der Waals surface area (Å²) in [7, 11) is 5.70. The van der Waals surface area contributed by atoms with E-state index in [-0.39, 0.29) is 24.0 Å². The maximum absolute atomic E-state index is 5.61. The Hall–Kier alpha value is -1.81. The molecule has 1 aromatic carbocycles. The van der Waals surface area contributed by atoms with Crippen LogP contribution in [0.4, 0.5) is 0 Å². The number of methoxy groups -OCH3 is 1. The normalized spacial score (nSPS) is 11.4. The molecule has 0 saturated heterocycles. The highest BCUT2D eigenvalue weighted by Gasteiger charge is 2.15. The van der Waals surface area contributed by atoms with Gasteiger partial charge in [-0.2, -0.15) is 5.10 Å². The largest absolute Gasteiger partial charge is 0.491 e. The van der Waals surface area contributed by atoms with E-state index in [1.54, 1.807) is 7.11 Å². The van der Waals surface area contributed by atoms with Crippen LogP contribution in [-0.2, 0) is 24.9 Å². The number of nitrogens with zero attached hydrogens (tertiary/aromatic N) is 4. The Morgan fingerprint density at radius 1 is 1.23 bits per heavy atom. The van der Waals surface area contributed by atoms with Gasteiger partial charge in [0.05, 0.1) is 18.8 Å². The molecule has 168 valence electrons. The van der Waals surface area contributed by atoms with E-state index in [1.807, 2.05) is 36.0 Å². The van der Waals surface area contributed by atoms with Crippen molar-refractivity contribution in [1.29, 1.82) is 0 Å². The summed E-state index contributed by atoms with van der Waals surface area (Å²) in [6, 6.07) is 8.05. The Balaban J connectivity index is 0.00000450. The number of hydrogen-bond acceptors (Lipinski definition) is 4. The maximum atomic E-state index is 5.61. The predicted molar refractivity (Wildman–Crippen MR) is 133 cm³/mol. The fourth-order valence-electron chi connectivity index (χ4n) is 3.06. The Kier molecular flexibility index (Phi) is 11.8. The Morgan fingerprint density at radius 3 is 2.53 bits per heavy atom. The second-order valence-corrected chi connectivity index (χ2v) is 7.38. The Bertz CT molecular complexity index is 774. The zero-order chi connectivity index (χ0) is 21.2. The summed E-state index contributed by atoms with van der Waals surface area (Å²) in [6.45, 7) is 9.75. The molecular weight excluding hydrogens is 493 g/mol. The minimum Gasteiger partial charge on any atom is -0.491 e. The number of aromatic nitrogens is 2. The standard InChI is InChI=1S/C22H35N5O2.HI/c1-7-23-22(26(4)15-19-16-27(5)25-21(19)17(2)3)24-14-18-8-10-20(11-9-18)29-13-12-28-6;/h8-11,16-17H,7,12-15H2,1-6H3,(H,23,24);1H. The third-order valence-corrected chi connectivity index (χ3v) is 4.48. The first-order chi connectivity index (χ1) is 13.9. The van der Waals surface area contributed by atoms with Crippen molar-refractivity contribution in [2.75, 3.05) is 33.9 Å². The fourth-order valence-corrected chi connectivity index (χ4v) is 3.06. The molecule has 0 fully saturated rings. The van der Waals surface area contributed by atoms with Crippen molar-refractivity contribution in [3.05, 3.63) is 47.3 Å². The van der Waals surface area contributed by atoms with Crippen molar-refractivity contribution in [2.24, 2.45) is 12.0 Å². The molecule has 0 spiro atoms. The van der Waals surface area contributed by atoms with Gasteiger partial charge in [-0.3, -0.25) is 4.68 Å². The van der Waals surface area contributed by atoms with E-state index >= 15 is 0 Å². The van der Waals surface area contributed by atoms with E-state index in [1.165, 1.54) is 5.56 Å². The highest BCUT2D eigenvalue weighted by Crippen LogP contribution is 2.19. The second kappa shape index (κ2) is 13.5. The van der Waals surface area contributed by atoms with Crippen LogP contribution >= 0.6 is 24.0 Å². The number of ether oxygens (including phenoxy) is 2. The Morgan fingerprint density at radius 2 is 1.93 bits per heavy atom. The van der Waals surface area contributed by atoms with E-state index in [4.69, 9.17) is 14.5 Å². The molecule has 0 saturated carbocycles. The second-order valence-electron chi connectivity index (χ2n) is 7.38. The molecule has 7 nitrogen and oxygen atoms in total. The first-order valence-electron chi connectivity index (χ1n) is 10.2. The first-order valence-corrected chi connectivity index (χ1v) is 10.2. The minimum absolute atomic E-state index is 0. The number of rotatable bonds is 10. The molecular formula is C22H36IN5O2. The molecule has 0 amide bonds. The molecule has 0 bridgehead atoms. The summed E-state index contributed by atoms with van der Waals surface area (Å²) in [5.74, 6) is 2.12. The molecule has 0 aliphatic rings. The summed E-state index contributed by atoms with van der Waals surface area (Å²) in [5.41, 5.74) is 3.50. The van der Waals surface area contributed by atoms with Crippen LogP contribution in [0.25, 0.3) is 0 Å². The van der Waals surface area contributed by atoms with Gasteiger partial charge in [0.25, 0.3) is 0 Å². The molecule has 2 rings (SSSR count). The third-order valence-electron chi connectivity index (χ3n) is 4.48. The number of aryl methyl sites for hydroxylation is 1. The van der Waals surface area contributed by atoms with E-state index in [0.29, 0.717) is 25.7 Å². The number of benzene rings is 1. The quantitative estimate of drug-likeness (QED) is 0.220. The van der Waals surface area contributed by atoms with E-state index in [0.717, 1.165) is 36.1 Å². The topological polar surface area (TPSA) is 63.9 Å². The van der Waals surface area contributed by atoms with E-state index < -0.39 is 0 Å². The van der Waals surface area contributed by atoms with Crippen molar-refractivity contribution < 1.29 is 9.47 Å². The van der Waals surface area contributed by atoms with E-state index in [2.05, 4.69) is 49.3 Å². The fraction of sp³-hybridized carbons (Fsp3) is 0.545. The highest BCUT2D eigenvalue weighted by atomic mass is 127. The maximum Gasteiger partial charge on any atom is 0.194 e. The molecule has 30 heavy (non-hydrogen) atoms. The van der Waals surface area contributed by atoms with E-state index in [9.17, 15) is 0 Å². The van der Waals surface area contributed by atoms with Crippen LogP contribution in [0.3, 0.4) is 0 Å². The third kappa shape index (κ3) is 8.14. The van der Waals surface area contributed by atoms with Crippen molar-refractivity contribution in [3.63, 3.8) is 0 Å². The Labute approximate surface area is 197 Å². The van der Waals surface area contributed by atoms with Gasteiger partial charge < -0.3 is 19.7 Å². The lowest BCUT2D eigenvalue weighted by Gasteiger charge is -2.22. The van der Waals surface area contributed by atoms with Gasteiger partial charge in [-0.25, -0.2) is 4.99 Å². The zero-order valence-electron chi connectivity index (χ0n) is 19.0. The van der Waals surface area contributed by atoms with Crippen LogP contribution in [0.2, 0.25) is 0 Å². The molecule has 2 aromatic rings. The van der Waals surface area contributed by atoms with Gasteiger partial charge in [-0.05, 0) is 30.5 Å². The lowest BCUT2D eigenvalue weighted by Crippen LogP contribution is -2.38. The SMILES string of the molecule is CCNC(=NCc1ccc(OCCOC)cc1)N(C)Cc1cn(C)nc1C(C)C.I. The molecule has 0 radical (unpaired) electrons. The first kappa shape index (κ1) is 26.2. The molecule has 8 heteroatoms. The molecule has 1 heterocycles. The molecule has 0 aliphatic heterocycles. The van der Waals surface area contributed by atoms with Crippen molar-refractivity contribution in [3.8, 4) is 5.75 Å². The van der Waals surface area contributed by atoms with Crippen molar-refractivity contribution >= 4 is 29.9 Å². The van der Waals surface area contributed by atoms with Gasteiger partial charge in [0.1, 0.15) is 12.4 Å². The lowest BCUT2D eigenvalue weighted by atomic mass is 10.1. The van der Waals surface area contributed by atoms with Crippen LogP contribution in [0.15, 0.2) is 35.5 Å². The van der Waals surface area contributed by atoms with Crippen LogP contribution < -0.4 is 10.1 Å². The van der Waals surface area contributed by atoms with Gasteiger partial charge in [-0.1, -0.05) is 26.0 Å². The molecule has 1 aromatic heterocycles. The van der Waals surface area contributed by atoms with Gasteiger partial charge in [0.2, 0.25) is 0 Å². The smallest absolute Gasteiger partial charge is 0.194 e. The zero-order valence-corrected chi connectivity index (χ0v) is 21.3. The van der Waals surface area contributed by atoms with Crippen LogP contribution in [0.1, 0.15) is 43.5 Å². The van der Waals surface area contributed by atoms with Crippen molar-refractivity contribution in [2.45, 2.75) is 39.8 Å². The molecule has 0 aliphatic carbocycles. The minimum atomic E-state index is 0. The summed E-state index contributed by atoms with van der Waals surface area (Å²) in [6.07, 6.45) is 2.09. The van der Waals surface area contributed by atoms with Crippen LogP contribution in [-0.4, -0.2) is 54.6 Å². The summed E-state index contributed by atoms with van der Waals surface area (Å²) in [4.78, 5) is 6.96. The van der Waals surface area contributed by atoms with Gasteiger partial charge in [0, 0.05) is 46.1 Å². The van der Waals surface area contributed by atoms with Gasteiger partial charge >= 0.3 is 0 Å². The molecule has 0 atom stereocenters. The number of guanidine groups is 1. The van der Waals surface area contributed by atoms with Gasteiger partial charge in [0.15, 0.2) is 5.96 Å². The number of hydrogen-bond donors (Lipinski definition) is 1. The van der Waals surface area contributed by atoms with Crippen molar-refractivity contribution in [1.82, 2.24) is 20.0 Å². The summed E-state index contributed by atoms with van der Waals surface area (Å²) >= 11 is 0. The van der Waals surface area contributed by atoms with Crippen LogP contribution in [0, 0.1) is 0 Å².